The van der Waals surface area contributed by atoms with Crippen molar-refractivity contribution in [1.29, 1.82) is 0 Å². The van der Waals surface area contributed by atoms with Crippen LogP contribution in [0.1, 0.15) is 18.4 Å². The summed E-state index contributed by atoms with van der Waals surface area (Å²) in [5, 5.41) is 2.38. The highest BCUT2D eigenvalue weighted by Gasteiger charge is 2.27. The smallest absolute Gasteiger partial charge is 0.235 e. The normalized spacial score (nSPS) is 14.0. The number of para-hydroxylation sites is 1. The molecule has 2 aromatic rings. The van der Waals surface area contributed by atoms with Crippen molar-refractivity contribution in [3.8, 4) is 0 Å². The number of nitrogens with one attached hydrogen (secondary N) is 1. The van der Waals surface area contributed by atoms with E-state index in [2.05, 4.69) is 5.32 Å². The van der Waals surface area contributed by atoms with Crippen LogP contribution in [0.15, 0.2) is 42.5 Å². The average Bonchev–Trinajstić information content (AvgIpc) is 2.63. The number of carbonyl (C=O) groups is 1. The van der Waals surface area contributed by atoms with Crippen LogP contribution in [-0.4, -0.2) is 26.6 Å². The summed E-state index contributed by atoms with van der Waals surface area (Å²) in [5.74, 6) is -3.05. The van der Waals surface area contributed by atoms with E-state index in [-0.39, 0.29) is 17.9 Å². The van der Waals surface area contributed by atoms with E-state index in [1.54, 1.807) is 12.1 Å². The standard InChI is InChI=1S/C18H18F2N2O3S/c19-15-8-7-14(12-16(15)20)21-18(23)9-11-26(24,25)22-10-3-5-13-4-1-2-6-17(13)22/h1-2,4,6-8,12H,3,5,9-11H2,(H,21,23). The molecule has 0 spiro atoms. The molecule has 0 atom stereocenters. The van der Waals surface area contributed by atoms with Crippen LogP contribution in [-0.2, 0) is 21.2 Å². The summed E-state index contributed by atoms with van der Waals surface area (Å²) in [6.45, 7) is 0.379. The second kappa shape index (κ2) is 7.41. The van der Waals surface area contributed by atoms with Gasteiger partial charge in [0, 0.05) is 24.7 Å². The van der Waals surface area contributed by atoms with Crippen molar-refractivity contribution in [2.75, 3.05) is 21.9 Å². The number of anilines is 2. The Balaban J connectivity index is 1.65. The van der Waals surface area contributed by atoms with Crippen molar-refractivity contribution < 1.29 is 22.0 Å². The van der Waals surface area contributed by atoms with Gasteiger partial charge in [0.1, 0.15) is 0 Å². The van der Waals surface area contributed by atoms with E-state index >= 15 is 0 Å². The van der Waals surface area contributed by atoms with Crippen LogP contribution in [0.4, 0.5) is 20.2 Å². The molecular weight excluding hydrogens is 362 g/mol. The number of hydrogen-bond acceptors (Lipinski definition) is 3. The molecule has 1 aliphatic heterocycles. The van der Waals surface area contributed by atoms with Gasteiger partial charge in [-0.05, 0) is 36.6 Å². The Kier molecular flexibility index (Phi) is 5.22. The van der Waals surface area contributed by atoms with Gasteiger partial charge in [-0.15, -0.1) is 0 Å². The van der Waals surface area contributed by atoms with E-state index < -0.39 is 27.6 Å². The third-order valence-corrected chi connectivity index (χ3v) is 5.96. The van der Waals surface area contributed by atoms with Crippen molar-refractivity contribution >= 4 is 27.3 Å². The van der Waals surface area contributed by atoms with Crippen LogP contribution < -0.4 is 9.62 Å². The molecule has 1 amide bonds. The van der Waals surface area contributed by atoms with Gasteiger partial charge in [-0.2, -0.15) is 0 Å². The molecule has 5 nitrogen and oxygen atoms in total. The first kappa shape index (κ1) is 18.3. The highest BCUT2D eigenvalue weighted by Crippen LogP contribution is 2.29. The van der Waals surface area contributed by atoms with E-state index in [1.165, 1.54) is 10.4 Å². The molecule has 0 fully saturated rings. The topological polar surface area (TPSA) is 66.5 Å². The van der Waals surface area contributed by atoms with Crippen LogP contribution >= 0.6 is 0 Å². The molecule has 0 bridgehead atoms. The van der Waals surface area contributed by atoms with Crippen molar-refractivity contribution in [2.24, 2.45) is 0 Å². The minimum Gasteiger partial charge on any atom is -0.326 e. The number of rotatable bonds is 5. The molecule has 8 heteroatoms. The van der Waals surface area contributed by atoms with E-state index in [0.717, 1.165) is 30.5 Å². The lowest BCUT2D eigenvalue weighted by Gasteiger charge is -2.30. The summed E-state index contributed by atoms with van der Waals surface area (Å²) >= 11 is 0. The molecule has 26 heavy (non-hydrogen) atoms. The van der Waals surface area contributed by atoms with Crippen LogP contribution in [0.2, 0.25) is 0 Å². The Bertz CT molecular complexity index is 932. The van der Waals surface area contributed by atoms with Crippen molar-refractivity contribution in [1.82, 2.24) is 0 Å². The minimum absolute atomic E-state index is 0.0783. The van der Waals surface area contributed by atoms with Crippen molar-refractivity contribution in [3.63, 3.8) is 0 Å². The third kappa shape index (κ3) is 4.01. The van der Waals surface area contributed by atoms with Crippen LogP contribution in [0.25, 0.3) is 0 Å². The Labute approximate surface area is 150 Å². The number of fused-ring (bicyclic) bond motifs is 1. The van der Waals surface area contributed by atoms with Crippen LogP contribution in [0.3, 0.4) is 0 Å². The van der Waals surface area contributed by atoms with E-state index in [4.69, 9.17) is 0 Å². The van der Waals surface area contributed by atoms with Crippen LogP contribution in [0, 0.1) is 11.6 Å². The summed E-state index contributed by atoms with van der Waals surface area (Å²) < 4.78 is 52.7. The second-order valence-electron chi connectivity index (χ2n) is 6.05. The summed E-state index contributed by atoms with van der Waals surface area (Å²) in [5.41, 5.74) is 1.70. The summed E-state index contributed by atoms with van der Waals surface area (Å²) in [7, 11) is -3.66. The quantitative estimate of drug-likeness (QED) is 0.867. The third-order valence-electron chi connectivity index (χ3n) is 4.19. The average molecular weight is 380 g/mol. The fraction of sp³-hybridized carbons (Fsp3) is 0.278. The van der Waals surface area contributed by atoms with E-state index in [0.29, 0.717) is 12.2 Å². The largest absolute Gasteiger partial charge is 0.326 e. The highest BCUT2D eigenvalue weighted by atomic mass is 32.2. The molecule has 0 aliphatic carbocycles. The monoisotopic (exact) mass is 380 g/mol. The molecule has 1 N–H and O–H groups in total. The molecule has 0 aromatic heterocycles. The number of halogens is 2. The highest BCUT2D eigenvalue weighted by molar-refractivity contribution is 7.92. The van der Waals surface area contributed by atoms with Gasteiger partial charge in [-0.3, -0.25) is 9.10 Å². The molecule has 0 radical (unpaired) electrons. The van der Waals surface area contributed by atoms with Gasteiger partial charge in [0.05, 0.1) is 11.4 Å². The number of benzene rings is 2. The second-order valence-corrected chi connectivity index (χ2v) is 8.06. The molecule has 1 heterocycles. The van der Waals surface area contributed by atoms with Gasteiger partial charge in [0.2, 0.25) is 15.9 Å². The Morgan fingerprint density at radius 1 is 1.12 bits per heavy atom. The lowest BCUT2D eigenvalue weighted by molar-refractivity contribution is -0.115. The zero-order valence-corrected chi connectivity index (χ0v) is 14.7. The molecule has 0 unspecified atom stereocenters. The first-order valence-corrected chi connectivity index (χ1v) is 9.81. The van der Waals surface area contributed by atoms with Crippen molar-refractivity contribution in [3.05, 3.63) is 59.7 Å². The fourth-order valence-electron chi connectivity index (χ4n) is 2.92. The number of sulfonamides is 1. The van der Waals surface area contributed by atoms with E-state index in [9.17, 15) is 22.0 Å². The Morgan fingerprint density at radius 2 is 1.88 bits per heavy atom. The first-order valence-electron chi connectivity index (χ1n) is 8.20. The van der Waals surface area contributed by atoms with Crippen molar-refractivity contribution in [2.45, 2.75) is 19.3 Å². The number of carbonyl (C=O) groups excluding carboxylic acids is 1. The molecular formula is C18H18F2N2O3S. The predicted molar refractivity (Wildman–Crippen MR) is 95.5 cm³/mol. The van der Waals surface area contributed by atoms with Gasteiger partial charge in [-0.1, -0.05) is 18.2 Å². The van der Waals surface area contributed by atoms with Crippen LogP contribution in [0.5, 0.6) is 0 Å². The summed E-state index contributed by atoms with van der Waals surface area (Å²) in [4.78, 5) is 12.0. The Morgan fingerprint density at radius 3 is 2.65 bits per heavy atom. The SMILES string of the molecule is O=C(CCS(=O)(=O)N1CCCc2ccccc21)Nc1ccc(F)c(F)c1. The molecule has 138 valence electrons. The number of aryl methyl sites for hydroxylation is 1. The minimum atomic E-state index is -3.66. The molecule has 3 rings (SSSR count). The maximum atomic E-state index is 13.2. The summed E-state index contributed by atoms with van der Waals surface area (Å²) in [6, 6.07) is 10.3. The predicted octanol–water partition coefficient (Wildman–Crippen LogP) is 3.08. The number of amides is 1. The molecule has 2 aromatic carbocycles. The van der Waals surface area contributed by atoms with Gasteiger partial charge in [-0.25, -0.2) is 17.2 Å². The lowest BCUT2D eigenvalue weighted by Crippen LogP contribution is -2.37. The molecule has 0 saturated heterocycles. The maximum Gasteiger partial charge on any atom is 0.235 e. The van der Waals surface area contributed by atoms with Gasteiger partial charge < -0.3 is 5.32 Å². The maximum absolute atomic E-state index is 13.2. The van der Waals surface area contributed by atoms with Gasteiger partial charge in [0.15, 0.2) is 11.6 Å². The number of nitrogens with zero attached hydrogens (tertiary/aromatic N) is 1. The molecule has 1 aliphatic rings. The zero-order chi connectivity index (χ0) is 18.7. The van der Waals surface area contributed by atoms with E-state index in [1.807, 2.05) is 12.1 Å². The lowest BCUT2D eigenvalue weighted by atomic mass is 10.0. The van der Waals surface area contributed by atoms with Gasteiger partial charge >= 0.3 is 0 Å². The first-order chi connectivity index (χ1) is 12.4. The summed E-state index contributed by atoms with van der Waals surface area (Å²) in [6.07, 6.45) is 1.26. The fourth-order valence-corrected chi connectivity index (χ4v) is 4.47. The molecule has 0 saturated carbocycles. The number of hydrogen-bond donors (Lipinski definition) is 1. The zero-order valence-electron chi connectivity index (χ0n) is 13.9. The Hall–Kier alpha value is -2.48. The van der Waals surface area contributed by atoms with Gasteiger partial charge in [0.25, 0.3) is 0 Å².